The molecule has 3 aliphatic rings. The van der Waals surface area contributed by atoms with Crippen LogP contribution < -0.4 is 19.7 Å². The molecule has 2 amide bonds. The molecule has 63 heavy (non-hydrogen) atoms. The number of nitriles is 1. The predicted molar refractivity (Wildman–Crippen MR) is 241 cm³/mol. The normalized spacial score (nSPS) is 17.4. The number of ether oxygens (including phenoxy) is 2. The van der Waals surface area contributed by atoms with Gasteiger partial charge in [0.05, 0.1) is 33.4 Å². The number of rotatable bonds is 11. The Kier molecular flexibility index (Phi) is 11.7. The Balaban J connectivity index is 0.936. The summed E-state index contributed by atoms with van der Waals surface area (Å²) in [4.78, 5) is 44.9. The van der Waals surface area contributed by atoms with Crippen molar-refractivity contribution in [3.63, 3.8) is 0 Å². The van der Waals surface area contributed by atoms with Gasteiger partial charge in [0.25, 0.3) is 5.91 Å². The fourth-order valence-corrected chi connectivity index (χ4v) is 9.19. The molecule has 1 aliphatic carbocycles. The quantitative estimate of drug-likeness (QED) is 0.132. The Morgan fingerprint density at radius 3 is 2.14 bits per heavy atom. The second kappa shape index (κ2) is 17.6. The van der Waals surface area contributed by atoms with Gasteiger partial charge in [-0.1, -0.05) is 102 Å². The number of benzene rings is 6. The predicted octanol–water partition coefficient (Wildman–Crippen LogP) is 8.91. The van der Waals surface area contributed by atoms with Crippen molar-refractivity contribution in [3.05, 3.63) is 182 Å². The Bertz CT molecular complexity index is 2750. The molecule has 6 aromatic carbocycles. The van der Waals surface area contributed by atoms with E-state index in [2.05, 4.69) is 28.4 Å². The number of nitrogens with zero attached hydrogens (tertiary/aromatic N) is 3. The minimum Gasteiger partial charge on any atom is -0.489 e. The number of hydrogen-bond acceptors (Lipinski definition) is 7. The van der Waals surface area contributed by atoms with Crippen LogP contribution in [0.3, 0.4) is 0 Å². The fraction of sp³-hybridized carbons (Fsp3) is 0.216. The van der Waals surface area contributed by atoms with E-state index in [1.54, 1.807) is 48.3 Å². The summed E-state index contributed by atoms with van der Waals surface area (Å²) < 4.78 is 12.5. The first-order chi connectivity index (χ1) is 30.5. The van der Waals surface area contributed by atoms with E-state index in [1.165, 1.54) is 11.1 Å². The van der Waals surface area contributed by atoms with Crippen LogP contribution in [0.4, 0.5) is 5.69 Å². The van der Waals surface area contributed by atoms with Crippen molar-refractivity contribution in [2.24, 2.45) is 0 Å². The number of likely N-dealkylation sites (N-methyl/N-ethyl adjacent to an activating group) is 1. The first-order valence-corrected chi connectivity index (χ1v) is 21.5. The Morgan fingerprint density at radius 2 is 1.49 bits per heavy atom. The smallest absolute Gasteiger partial charge is 0.326 e. The molecule has 6 aromatic rings. The molecular weight excluding hydrogens is 835 g/mol. The molecule has 3 atom stereocenters. The van der Waals surface area contributed by atoms with Gasteiger partial charge < -0.3 is 24.8 Å². The SMILES string of the molecule is CN1C(=O)C(c2ccc(OCc3ccc(Cl)c(Cl)c3)cc2)Oc2cc3c(cc21)CC(C(=O)NC(Cc1ccc(-c2ccc(C#N)cc2)cc1)C(=O)O)N(C1Cc2ccccc2C1)C3. The number of carbonyl (C=O) groups is 3. The van der Waals surface area contributed by atoms with Crippen molar-refractivity contribution in [1.29, 1.82) is 5.26 Å². The third-order valence-electron chi connectivity index (χ3n) is 12.3. The van der Waals surface area contributed by atoms with E-state index >= 15 is 0 Å². The molecule has 316 valence electrons. The highest BCUT2D eigenvalue weighted by Gasteiger charge is 2.41. The van der Waals surface area contributed by atoms with Crippen LogP contribution in [-0.4, -0.2) is 53.0 Å². The zero-order valence-electron chi connectivity index (χ0n) is 34.3. The van der Waals surface area contributed by atoms with Crippen molar-refractivity contribution in [2.45, 2.75) is 63.1 Å². The molecule has 12 heteroatoms. The van der Waals surface area contributed by atoms with E-state index in [4.69, 9.17) is 37.9 Å². The van der Waals surface area contributed by atoms with Gasteiger partial charge in [-0.15, -0.1) is 0 Å². The standard InChI is InChI=1S/C51H42Cl2N4O6/c1-56-45-24-38-25-46(49(58)55-44(51(60)61)21-30-6-11-33(12-7-30)34-13-8-31(27-54)9-14-34)57(40-22-36-4-2-3-5-37(36)23-40)28-39(38)26-47(45)63-48(50(56)59)35-15-17-41(18-16-35)62-29-32-10-19-42(52)43(53)20-32/h2-20,24,26,40,44,46,48H,21-23,25,28-29H2,1H3,(H,55,58)(H,60,61). The minimum atomic E-state index is -1.16. The first-order valence-electron chi connectivity index (χ1n) is 20.7. The monoisotopic (exact) mass is 876 g/mol. The van der Waals surface area contributed by atoms with Crippen LogP contribution in [0.2, 0.25) is 10.0 Å². The molecular formula is C51H42Cl2N4O6. The number of halogens is 2. The number of anilines is 1. The summed E-state index contributed by atoms with van der Waals surface area (Å²) in [5, 5.41) is 23.4. The molecule has 0 radical (unpaired) electrons. The van der Waals surface area contributed by atoms with Crippen molar-refractivity contribution in [3.8, 4) is 28.7 Å². The number of aliphatic carboxylic acids is 1. The lowest BCUT2D eigenvalue weighted by Gasteiger charge is -2.41. The molecule has 3 unspecified atom stereocenters. The molecule has 0 fully saturated rings. The van der Waals surface area contributed by atoms with Crippen LogP contribution in [0.5, 0.6) is 11.5 Å². The highest BCUT2D eigenvalue weighted by atomic mass is 35.5. The maximum Gasteiger partial charge on any atom is 0.326 e. The molecule has 0 aromatic heterocycles. The molecule has 2 N–H and O–H groups in total. The number of carboxylic acid groups (broad SMARTS) is 1. The lowest BCUT2D eigenvalue weighted by atomic mass is 9.89. The maximum atomic E-state index is 14.5. The van der Waals surface area contributed by atoms with Gasteiger partial charge in [0.15, 0.2) is 0 Å². The number of nitrogens with one attached hydrogen (secondary N) is 1. The fourth-order valence-electron chi connectivity index (χ4n) is 8.87. The van der Waals surface area contributed by atoms with Crippen LogP contribution in [0.25, 0.3) is 11.1 Å². The van der Waals surface area contributed by atoms with Crippen molar-refractivity contribution < 1.29 is 29.0 Å². The molecule has 0 saturated heterocycles. The van der Waals surface area contributed by atoms with E-state index < -0.39 is 24.2 Å². The van der Waals surface area contributed by atoms with Gasteiger partial charge in [-0.2, -0.15) is 5.26 Å². The lowest BCUT2D eigenvalue weighted by Crippen LogP contribution is -2.57. The maximum absolute atomic E-state index is 14.5. The van der Waals surface area contributed by atoms with Crippen LogP contribution in [0.15, 0.2) is 127 Å². The number of carbonyl (C=O) groups excluding carboxylic acids is 2. The number of hydrogen-bond donors (Lipinski definition) is 2. The number of amides is 2. The average molecular weight is 878 g/mol. The largest absolute Gasteiger partial charge is 0.489 e. The number of fused-ring (bicyclic) bond motifs is 3. The molecule has 2 aliphatic heterocycles. The molecule has 0 saturated carbocycles. The Hall–Kier alpha value is -6.64. The van der Waals surface area contributed by atoms with Gasteiger partial charge in [0.2, 0.25) is 12.0 Å². The van der Waals surface area contributed by atoms with Gasteiger partial charge in [-0.3, -0.25) is 14.5 Å². The molecule has 0 bridgehead atoms. The van der Waals surface area contributed by atoms with Crippen LogP contribution >= 0.6 is 23.2 Å². The summed E-state index contributed by atoms with van der Waals surface area (Å²) in [7, 11) is 1.72. The van der Waals surface area contributed by atoms with E-state index in [0.29, 0.717) is 57.9 Å². The lowest BCUT2D eigenvalue weighted by molar-refractivity contribution is -0.143. The van der Waals surface area contributed by atoms with E-state index in [0.717, 1.165) is 46.2 Å². The Morgan fingerprint density at radius 1 is 0.825 bits per heavy atom. The highest BCUT2D eigenvalue weighted by molar-refractivity contribution is 6.42. The second-order valence-corrected chi connectivity index (χ2v) is 17.1. The van der Waals surface area contributed by atoms with Crippen molar-refractivity contribution >= 4 is 46.7 Å². The number of carboxylic acids is 1. The van der Waals surface area contributed by atoms with Gasteiger partial charge in [0, 0.05) is 31.6 Å². The molecule has 10 nitrogen and oxygen atoms in total. The van der Waals surface area contributed by atoms with E-state index in [9.17, 15) is 19.5 Å². The minimum absolute atomic E-state index is 0.00992. The third kappa shape index (κ3) is 8.73. The van der Waals surface area contributed by atoms with Gasteiger partial charge in [0.1, 0.15) is 24.1 Å². The Labute approximate surface area is 375 Å². The van der Waals surface area contributed by atoms with E-state index in [1.807, 2.05) is 78.9 Å². The summed E-state index contributed by atoms with van der Waals surface area (Å²) in [5.74, 6) is -0.540. The van der Waals surface area contributed by atoms with Gasteiger partial charge >= 0.3 is 5.97 Å². The topological polar surface area (TPSA) is 132 Å². The van der Waals surface area contributed by atoms with Gasteiger partial charge in [-0.05, 0) is 112 Å². The summed E-state index contributed by atoms with van der Waals surface area (Å²) in [5.41, 5.74) is 9.71. The molecule has 0 spiro atoms. The first kappa shape index (κ1) is 41.7. The zero-order chi connectivity index (χ0) is 43.8. The highest BCUT2D eigenvalue weighted by Crippen LogP contribution is 2.43. The summed E-state index contributed by atoms with van der Waals surface area (Å²) in [6, 6.07) is 40.0. The average Bonchev–Trinajstić information content (AvgIpc) is 3.74. The van der Waals surface area contributed by atoms with E-state index in [-0.39, 0.29) is 24.3 Å². The summed E-state index contributed by atoms with van der Waals surface area (Å²) in [6.45, 7) is 0.727. The van der Waals surface area contributed by atoms with Crippen LogP contribution in [0.1, 0.15) is 50.6 Å². The van der Waals surface area contributed by atoms with Crippen molar-refractivity contribution in [2.75, 3.05) is 11.9 Å². The van der Waals surface area contributed by atoms with Crippen LogP contribution in [0, 0.1) is 11.3 Å². The van der Waals surface area contributed by atoms with Crippen LogP contribution in [-0.2, 0) is 53.2 Å². The molecule has 9 rings (SSSR count). The molecule has 2 heterocycles. The zero-order valence-corrected chi connectivity index (χ0v) is 35.8. The summed E-state index contributed by atoms with van der Waals surface area (Å²) in [6.07, 6.45) is 1.06. The second-order valence-electron chi connectivity index (χ2n) is 16.3. The third-order valence-corrected chi connectivity index (χ3v) is 13.1. The van der Waals surface area contributed by atoms with Crippen molar-refractivity contribution in [1.82, 2.24) is 10.2 Å². The summed E-state index contributed by atoms with van der Waals surface area (Å²) >= 11 is 12.2. The van der Waals surface area contributed by atoms with Gasteiger partial charge in [-0.25, -0.2) is 4.79 Å².